The van der Waals surface area contributed by atoms with Crippen LogP contribution in [0.1, 0.15) is 0 Å². The monoisotopic (exact) mass is 314 g/mol. The van der Waals surface area contributed by atoms with Crippen LogP contribution in [0.4, 0.5) is 0 Å². The number of phenols is 2. The molecule has 0 aromatic heterocycles. The van der Waals surface area contributed by atoms with Crippen LogP contribution < -0.4 is 0 Å². The smallest absolute Gasteiger partial charge is 0.115 e. The predicted octanol–water partition coefficient (Wildman–Crippen LogP) is 5.19. The van der Waals surface area contributed by atoms with Gasteiger partial charge < -0.3 is 10.2 Å². The fraction of sp³-hybridized carbons (Fsp3) is 0. The van der Waals surface area contributed by atoms with Crippen LogP contribution in [0.5, 0.6) is 11.5 Å². The van der Waals surface area contributed by atoms with E-state index in [1.807, 2.05) is 24.3 Å². The summed E-state index contributed by atoms with van der Waals surface area (Å²) < 4.78 is 0. The summed E-state index contributed by atoms with van der Waals surface area (Å²) in [5.41, 5.74) is 0. The Morgan fingerprint density at radius 1 is 0.556 bits per heavy atom. The van der Waals surface area contributed by atoms with E-state index in [0.29, 0.717) is 0 Å². The average molecular weight is 314 g/mol. The van der Waals surface area contributed by atoms with Gasteiger partial charge in [0.2, 0.25) is 0 Å². The summed E-state index contributed by atoms with van der Waals surface area (Å²) >= 11 is 0. The van der Waals surface area contributed by atoms with Gasteiger partial charge in [-0.05, 0) is 89.8 Å². The summed E-state index contributed by atoms with van der Waals surface area (Å²) in [7, 11) is 6.63. The molecule has 0 aliphatic rings. The molecule has 0 bridgehead atoms. The molecule has 2 nitrogen and oxygen atoms in total. The number of aromatic hydroxyl groups is 2. The first-order valence-electron chi connectivity index (χ1n) is 5.00. The minimum atomic E-state index is 0.287. The Morgan fingerprint density at radius 2 is 0.889 bits per heavy atom. The van der Waals surface area contributed by atoms with Crippen molar-refractivity contribution < 1.29 is 10.2 Å². The molecule has 18 heavy (non-hydrogen) atoms. The van der Waals surface area contributed by atoms with Gasteiger partial charge in [-0.1, -0.05) is 0 Å². The van der Waals surface area contributed by atoms with Gasteiger partial charge in [-0.15, -0.1) is 0 Å². The highest BCUT2D eigenvalue weighted by molar-refractivity contribution is 9.26. The molecular weight excluding hydrogens is 304 g/mol. The highest BCUT2D eigenvalue weighted by atomic mass is 33.7. The largest absolute Gasteiger partial charge is 0.508 e. The van der Waals surface area contributed by atoms with Crippen LogP contribution in [0, 0.1) is 0 Å². The van der Waals surface area contributed by atoms with E-state index in [-0.39, 0.29) is 11.5 Å². The second-order valence-electron chi connectivity index (χ2n) is 3.29. The summed E-state index contributed by atoms with van der Waals surface area (Å²) in [4.78, 5) is 2.22. The average Bonchev–Trinajstić information content (AvgIpc) is 2.39. The molecule has 2 aromatic rings. The molecule has 94 valence electrons. The lowest BCUT2D eigenvalue weighted by molar-refractivity contribution is 0.474. The van der Waals surface area contributed by atoms with Gasteiger partial charge in [0.05, 0.1) is 0 Å². The van der Waals surface area contributed by atoms with Crippen molar-refractivity contribution in [2.45, 2.75) is 9.79 Å². The van der Waals surface area contributed by atoms with Crippen LogP contribution in [0.2, 0.25) is 0 Å². The molecule has 0 fully saturated rings. The van der Waals surface area contributed by atoms with Gasteiger partial charge in [0.25, 0.3) is 0 Å². The van der Waals surface area contributed by atoms with Crippen LogP contribution in [-0.2, 0) is 0 Å². The molecule has 0 aliphatic heterocycles. The highest BCUT2D eigenvalue weighted by Crippen LogP contribution is 2.49. The molecule has 2 N–H and O–H groups in total. The third kappa shape index (κ3) is 4.61. The second-order valence-corrected chi connectivity index (χ2v) is 9.10. The molecule has 0 aliphatic carbocycles. The first-order valence-corrected chi connectivity index (χ1v) is 9.81. The van der Waals surface area contributed by atoms with Crippen LogP contribution in [0.3, 0.4) is 0 Å². The van der Waals surface area contributed by atoms with E-state index in [1.165, 1.54) is 0 Å². The molecule has 2 aromatic carbocycles. The second kappa shape index (κ2) is 7.13. The minimum Gasteiger partial charge on any atom is -0.508 e. The third-order valence-electron chi connectivity index (χ3n) is 1.96. The molecule has 0 atom stereocenters. The molecule has 0 spiro atoms. The molecule has 0 saturated carbocycles. The van der Waals surface area contributed by atoms with Crippen molar-refractivity contribution in [2.24, 2.45) is 0 Å². The zero-order chi connectivity index (χ0) is 12.8. The third-order valence-corrected chi connectivity index (χ3v) is 8.04. The predicted molar refractivity (Wildman–Crippen MR) is 83.1 cm³/mol. The van der Waals surface area contributed by atoms with E-state index < -0.39 is 0 Å². The van der Waals surface area contributed by atoms with Crippen molar-refractivity contribution in [3.63, 3.8) is 0 Å². The van der Waals surface area contributed by atoms with Gasteiger partial charge in [0, 0.05) is 9.79 Å². The van der Waals surface area contributed by atoms with E-state index in [0.717, 1.165) is 9.79 Å². The molecular formula is C12H10O2S4. The van der Waals surface area contributed by atoms with E-state index in [1.54, 1.807) is 65.5 Å². The van der Waals surface area contributed by atoms with Crippen molar-refractivity contribution in [3.8, 4) is 11.5 Å². The Kier molecular flexibility index (Phi) is 5.49. The number of phenolic OH excluding ortho intramolecular Hbond substituents is 2. The Labute approximate surface area is 121 Å². The number of hydrogen-bond acceptors (Lipinski definition) is 6. The van der Waals surface area contributed by atoms with Crippen LogP contribution in [0.25, 0.3) is 0 Å². The molecule has 2 rings (SSSR count). The van der Waals surface area contributed by atoms with Crippen molar-refractivity contribution >= 4 is 41.2 Å². The van der Waals surface area contributed by atoms with E-state index in [2.05, 4.69) is 0 Å². The van der Waals surface area contributed by atoms with Crippen LogP contribution >= 0.6 is 41.2 Å². The molecule has 6 heteroatoms. The normalized spacial score (nSPS) is 10.4. The maximum absolute atomic E-state index is 9.15. The van der Waals surface area contributed by atoms with Gasteiger partial charge in [-0.3, -0.25) is 0 Å². The zero-order valence-corrected chi connectivity index (χ0v) is 12.4. The molecule has 0 unspecified atom stereocenters. The minimum absolute atomic E-state index is 0.287. The van der Waals surface area contributed by atoms with E-state index >= 15 is 0 Å². The number of rotatable bonds is 5. The van der Waals surface area contributed by atoms with Crippen molar-refractivity contribution in [1.29, 1.82) is 0 Å². The lowest BCUT2D eigenvalue weighted by atomic mass is 10.3. The van der Waals surface area contributed by atoms with E-state index in [4.69, 9.17) is 10.2 Å². The number of benzene rings is 2. The van der Waals surface area contributed by atoms with E-state index in [9.17, 15) is 0 Å². The maximum Gasteiger partial charge on any atom is 0.115 e. The van der Waals surface area contributed by atoms with Gasteiger partial charge in [-0.25, -0.2) is 0 Å². The van der Waals surface area contributed by atoms with Crippen molar-refractivity contribution in [3.05, 3.63) is 48.5 Å². The molecule has 0 radical (unpaired) electrons. The van der Waals surface area contributed by atoms with Crippen molar-refractivity contribution in [1.82, 2.24) is 0 Å². The van der Waals surface area contributed by atoms with Gasteiger partial charge >= 0.3 is 0 Å². The fourth-order valence-corrected chi connectivity index (χ4v) is 6.54. The maximum atomic E-state index is 9.15. The van der Waals surface area contributed by atoms with Gasteiger partial charge in [0.1, 0.15) is 11.5 Å². The Balaban J connectivity index is 1.73. The summed E-state index contributed by atoms with van der Waals surface area (Å²) in [5.74, 6) is 0.575. The van der Waals surface area contributed by atoms with Gasteiger partial charge in [-0.2, -0.15) is 0 Å². The van der Waals surface area contributed by atoms with Crippen LogP contribution in [-0.4, -0.2) is 10.2 Å². The standard InChI is InChI=1S/C12H10O2S4/c13-9-1-5-11(6-2-9)15-17-18-16-12-7-3-10(14)4-8-12/h1-8,13-14H. The summed E-state index contributed by atoms with van der Waals surface area (Å²) in [6.07, 6.45) is 0. The quantitative estimate of drug-likeness (QED) is 0.584. The Bertz CT molecular complexity index is 437. The number of hydrogen-bond donors (Lipinski definition) is 2. The van der Waals surface area contributed by atoms with Crippen LogP contribution in [0.15, 0.2) is 58.3 Å². The topological polar surface area (TPSA) is 40.5 Å². The molecule has 0 heterocycles. The summed E-state index contributed by atoms with van der Waals surface area (Å²) in [6.45, 7) is 0. The first kappa shape index (κ1) is 13.9. The lowest BCUT2D eigenvalue weighted by Crippen LogP contribution is -1.66. The van der Waals surface area contributed by atoms with Crippen molar-refractivity contribution in [2.75, 3.05) is 0 Å². The molecule has 0 amide bonds. The SMILES string of the molecule is Oc1ccc(SSSSc2ccc(O)cc2)cc1. The summed E-state index contributed by atoms with van der Waals surface area (Å²) in [6, 6.07) is 14.3. The zero-order valence-electron chi connectivity index (χ0n) is 9.15. The lowest BCUT2D eigenvalue weighted by Gasteiger charge is -2.01. The van der Waals surface area contributed by atoms with Gasteiger partial charge in [0.15, 0.2) is 0 Å². The fourth-order valence-electron chi connectivity index (χ4n) is 1.11. The summed E-state index contributed by atoms with van der Waals surface area (Å²) in [5, 5.41) is 18.3. The first-order chi connectivity index (χ1) is 8.74. The molecule has 0 saturated heterocycles. The Hall–Kier alpha value is -0.560. The highest BCUT2D eigenvalue weighted by Gasteiger charge is 1.99. The Morgan fingerprint density at radius 3 is 1.22 bits per heavy atom.